The van der Waals surface area contributed by atoms with Crippen molar-refractivity contribution < 1.29 is 23.1 Å². The third-order valence-corrected chi connectivity index (χ3v) is 7.22. The first-order valence-corrected chi connectivity index (χ1v) is 13.0. The number of hydrogen-bond acceptors (Lipinski definition) is 4. The van der Waals surface area contributed by atoms with Crippen LogP contribution in [0.15, 0.2) is 77.8 Å². The van der Waals surface area contributed by atoms with Crippen LogP contribution in [-0.2, 0) is 27.8 Å². The smallest absolute Gasteiger partial charge is 0.307 e. The van der Waals surface area contributed by atoms with Gasteiger partial charge < -0.3 is 15.0 Å². The summed E-state index contributed by atoms with van der Waals surface area (Å²) in [5, 5.41) is 12.9. The van der Waals surface area contributed by atoms with E-state index in [2.05, 4.69) is 10.0 Å². The Kier molecular flexibility index (Phi) is 7.12. The number of benzene rings is 3. The topological polar surface area (TPSA) is 118 Å². The largest absolute Gasteiger partial charge is 0.481 e. The predicted molar refractivity (Wildman–Crippen MR) is 139 cm³/mol. The number of carbonyl (C=O) groups excluding carboxylic acids is 1. The molecule has 0 saturated heterocycles. The van der Waals surface area contributed by atoms with E-state index < -0.39 is 16.0 Å². The molecule has 1 amide bonds. The Labute approximate surface area is 209 Å². The third kappa shape index (κ3) is 5.41. The Balaban J connectivity index is 1.77. The average molecular weight is 506 g/mol. The molecule has 3 N–H and O–H groups in total. The van der Waals surface area contributed by atoms with Gasteiger partial charge in [-0.05, 0) is 55.3 Å². The van der Waals surface area contributed by atoms with Gasteiger partial charge in [0, 0.05) is 35.8 Å². The molecule has 1 heterocycles. The predicted octanol–water partition coefficient (Wildman–Crippen LogP) is 4.18. The molecule has 0 radical (unpaired) electrons. The normalized spacial score (nSPS) is 11.4. The van der Waals surface area contributed by atoms with Gasteiger partial charge in [0.25, 0.3) is 15.9 Å². The molecule has 4 aromatic rings. The molecule has 9 heteroatoms. The highest BCUT2D eigenvalue weighted by molar-refractivity contribution is 7.92. The van der Waals surface area contributed by atoms with Crippen LogP contribution >= 0.6 is 0 Å². The van der Waals surface area contributed by atoms with Crippen LogP contribution in [0.5, 0.6) is 0 Å². The second-order valence-electron chi connectivity index (χ2n) is 8.52. The molecule has 3 aromatic carbocycles. The second-order valence-corrected chi connectivity index (χ2v) is 10.2. The average Bonchev–Trinajstić information content (AvgIpc) is 3.17. The van der Waals surface area contributed by atoms with Crippen molar-refractivity contribution in [3.05, 3.63) is 95.2 Å². The summed E-state index contributed by atoms with van der Waals surface area (Å²) in [7, 11) is -3.92. The van der Waals surface area contributed by atoms with Gasteiger partial charge in [0.15, 0.2) is 0 Å². The van der Waals surface area contributed by atoms with Gasteiger partial charge in [0.1, 0.15) is 0 Å². The van der Waals surface area contributed by atoms with Crippen molar-refractivity contribution in [2.45, 2.75) is 31.7 Å². The SMILES string of the molecule is CCNC(=O)c1ccc(Cn2cc(CC(=O)O)c3ccccc32)c(NS(=O)(=O)c2ccc(C)cc2)c1. The van der Waals surface area contributed by atoms with Crippen molar-refractivity contribution >= 4 is 38.5 Å². The van der Waals surface area contributed by atoms with Crippen molar-refractivity contribution in [3.8, 4) is 0 Å². The van der Waals surface area contributed by atoms with E-state index >= 15 is 0 Å². The first kappa shape index (κ1) is 25.0. The molecule has 0 aliphatic heterocycles. The number of hydrogen-bond donors (Lipinski definition) is 3. The number of rotatable bonds is 9. The van der Waals surface area contributed by atoms with Gasteiger partial charge in [-0.2, -0.15) is 0 Å². The first-order chi connectivity index (χ1) is 17.2. The van der Waals surface area contributed by atoms with Crippen LogP contribution in [0.4, 0.5) is 5.69 Å². The lowest BCUT2D eigenvalue weighted by Crippen LogP contribution is -2.23. The number of aliphatic carboxylic acids is 1. The summed E-state index contributed by atoms with van der Waals surface area (Å²) in [5.41, 5.74) is 3.65. The van der Waals surface area contributed by atoms with Crippen LogP contribution in [-0.4, -0.2) is 36.5 Å². The van der Waals surface area contributed by atoms with Crippen LogP contribution in [0.3, 0.4) is 0 Å². The summed E-state index contributed by atoms with van der Waals surface area (Å²) in [5.74, 6) is -1.24. The van der Waals surface area contributed by atoms with E-state index in [9.17, 15) is 23.1 Å². The Hall–Kier alpha value is -4.11. The third-order valence-electron chi connectivity index (χ3n) is 5.84. The van der Waals surface area contributed by atoms with Crippen molar-refractivity contribution in [3.63, 3.8) is 0 Å². The summed E-state index contributed by atoms with van der Waals surface area (Å²) < 4.78 is 30.9. The van der Waals surface area contributed by atoms with Crippen LogP contribution in [0, 0.1) is 6.92 Å². The number of para-hydroxylation sites is 1. The lowest BCUT2D eigenvalue weighted by atomic mass is 10.1. The standard InChI is InChI=1S/C27H27N3O5S/c1-3-28-27(33)19-10-11-20(24(14-19)29-36(34,35)22-12-8-18(2)9-13-22)16-30-17-21(15-26(31)32)23-6-4-5-7-25(23)30/h4-14,17,29H,3,15-16H2,1-2H3,(H,28,33)(H,31,32). The summed E-state index contributed by atoms with van der Waals surface area (Å²) in [6, 6.07) is 18.8. The van der Waals surface area contributed by atoms with E-state index in [-0.39, 0.29) is 29.5 Å². The molecule has 0 aliphatic carbocycles. The van der Waals surface area contributed by atoms with E-state index in [1.807, 2.05) is 35.8 Å². The summed E-state index contributed by atoms with van der Waals surface area (Å²) in [6.07, 6.45) is 1.64. The number of nitrogens with zero attached hydrogens (tertiary/aromatic N) is 1. The van der Waals surface area contributed by atoms with Crippen LogP contribution in [0.1, 0.15) is 34.0 Å². The number of carboxylic acid groups (broad SMARTS) is 1. The van der Waals surface area contributed by atoms with Gasteiger partial charge in [0.2, 0.25) is 0 Å². The minimum absolute atomic E-state index is 0.109. The number of sulfonamides is 1. The van der Waals surface area contributed by atoms with Crippen molar-refractivity contribution in [1.82, 2.24) is 9.88 Å². The van der Waals surface area contributed by atoms with E-state index in [4.69, 9.17) is 0 Å². The molecule has 0 saturated carbocycles. The van der Waals surface area contributed by atoms with Gasteiger partial charge in [-0.15, -0.1) is 0 Å². The Bertz CT molecular complexity index is 1540. The summed E-state index contributed by atoms with van der Waals surface area (Å²) >= 11 is 0. The zero-order valence-electron chi connectivity index (χ0n) is 20.0. The number of carboxylic acids is 1. The number of aromatic nitrogens is 1. The summed E-state index contributed by atoms with van der Waals surface area (Å²) in [4.78, 5) is 24.0. The minimum Gasteiger partial charge on any atom is -0.481 e. The molecule has 0 fully saturated rings. The monoisotopic (exact) mass is 505 g/mol. The van der Waals surface area contributed by atoms with Crippen molar-refractivity contribution in [2.24, 2.45) is 0 Å². The zero-order valence-corrected chi connectivity index (χ0v) is 20.8. The van der Waals surface area contributed by atoms with Gasteiger partial charge in [0.05, 0.1) is 17.0 Å². The number of fused-ring (bicyclic) bond motifs is 1. The molecule has 36 heavy (non-hydrogen) atoms. The Morgan fingerprint density at radius 3 is 2.39 bits per heavy atom. The van der Waals surface area contributed by atoms with Crippen molar-refractivity contribution in [2.75, 3.05) is 11.3 Å². The fraction of sp³-hybridized carbons (Fsp3) is 0.185. The highest BCUT2D eigenvalue weighted by atomic mass is 32.2. The van der Waals surface area contributed by atoms with Crippen molar-refractivity contribution in [1.29, 1.82) is 0 Å². The molecular weight excluding hydrogens is 478 g/mol. The molecule has 186 valence electrons. The fourth-order valence-corrected chi connectivity index (χ4v) is 5.17. The lowest BCUT2D eigenvalue weighted by Gasteiger charge is -2.16. The van der Waals surface area contributed by atoms with Gasteiger partial charge >= 0.3 is 5.97 Å². The van der Waals surface area contributed by atoms with Gasteiger partial charge in [-0.1, -0.05) is 42.0 Å². The summed E-state index contributed by atoms with van der Waals surface area (Å²) in [6.45, 7) is 4.38. The highest BCUT2D eigenvalue weighted by Crippen LogP contribution is 2.27. The fourth-order valence-electron chi connectivity index (χ4n) is 4.08. The second kappa shape index (κ2) is 10.2. The van der Waals surface area contributed by atoms with E-state index in [0.29, 0.717) is 23.2 Å². The maximum absolute atomic E-state index is 13.2. The van der Waals surface area contributed by atoms with E-state index in [1.54, 1.807) is 37.4 Å². The minimum atomic E-state index is -3.92. The molecule has 1 aromatic heterocycles. The Morgan fingerprint density at radius 1 is 0.972 bits per heavy atom. The maximum atomic E-state index is 13.2. The molecule has 0 spiro atoms. The lowest BCUT2D eigenvalue weighted by molar-refractivity contribution is -0.136. The van der Waals surface area contributed by atoms with Crippen LogP contribution in [0.2, 0.25) is 0 Å². The highest BCUT2D eigenvalue weighted by Gasteiger charge is 2.19. The quantitative estimate of drug-likeness (QED) is 0.316. The van der Waals surface area contributed by atoms with E-state index in [1.165, 1.54) is 18.2 Å². The van der Waals surface area contributed by atoms with Gasteiger partial charge in [-0.25, -0.2) is 8.42 Å². The van der Waals surface area contributed by atoms with Crippen LogP contribution in [0.25, 0.3) is 10.9 Å². The van der Waals surface area contributed by atoms with Crippen LogP contribution < -0.4 is 10.0 Å². The number of carbonyl (C=O) groups is 2. The molecule has 0 unspecified atom stereocenters. The maximum Gasteiger partial charge on any atom is 0.307 e. The number of anilines is 1. The van der Waals surface area contributed by atoms with Gasteiger partial charge in [-0.3, -0.25) is 14.3 Å². The molecule has 4 rings (SSSR count). The number of nitrogens with one attached hydrogen (secondary N) is 2. The molecule has 8 nitrogen and oxygen atoms in total. The molecule has 0 atom stereocenters. The zero-order chi connectivity index (χ0) is 25.9. The number of aryl methyl sites for hydroxylation is 1. The first-order valence-electron chi connectivity index (χ1n) is 11.5. The molecule has 0 aliphatic rings. The molecular formula is C27H27N3O5S. The molecule has 0 bridgehead atoms. The van der Waals surface area contributed by atoms with E-state index in [0.717, 1.165) is 16.5 Å². The Morgan fingerprint density at radius 2 is 1.69 bits per heavy atom. The number of amides is 1.